The lowest BCUT2D eigenvalue weighted by Gasteiger charge is -2.11. The van der Waals surface area contributed by atoms with Gasteiger partial charge in [0, 0.05) is 29.5 Å². The summed E-state index contributed by atoms with van der Waals surface area (Å²) in [4.78, 5) is 8.60. The third-order valence-electron chi connectivity index (χ3n) is 3.76. The molecule has 24 heavy (non-hydrogen) atoms. The highest BCUT2D eigenvalue weighted by molar-refractivity contribution is 7.90. The number of hydrogen-bond donors (Lipinski definition) is 0. The predicted octanol–water partition coefficient (Wildman–Crippen LogP) is 3.34. The maximum Gasteiger partial charge on any atom is 0.269 e. The molecule has 0 aliphatic rings. The molecule has 0 radical (unpaired) electrons. The third kappa shape index (κ3) is 2.28. The van der Waals surface area contributed by atoms with E-state index in [0.717, 1.165) is 10.9 Å². The first-order valence-electron chi connectivity index (χ1n) is 7.35. The van der Waals surface area contributed by atoms with Gasteiger partial charge >= 0.3 is 0 Å². The molecule has 0 aliphatic carbocycles. The molecule has 6 heteroatoms. The summed E-state index contributed by atoms with van der Waals surface area (Å²) < 4.78 is 27.7. The van der Waals surface area contributed by atoms with Crippen LogP contribution in [-0.4, -0.2) is 22.4 Å². The molecule has 0 fully saturated rings. The van der Waals surface area contributed by atoms with Gasteiger partial charge in [0.2, 0.25) is 0 Å². The van der Waals surface area contributed by atoms with Crippen LogP contribution in [0.2, 0.25) is 0 Å². The van der Waals surface area contributed by atoms with Gasteiger partial charge in [-0.2, -0.15) is 0 Å². The van der Waals surface area contributed by atoms with Crippen molar-refractivity contribution in [1.29, 1.82) is 0 Å². The van der Waals surface area contributed by atoms with E-state index in [1.807, 2.05) is 18.2 Å². The van der Waals surface area contributed by atoms with Crippen molar-refractivity contribution in [3.63, 3.8) is 0 Å². The minimum atomic E-state index is -3.77. The van der Waals surface area contributed by atoms with E-state index in [2.05, 4.69) is 9.97 Å². The summed E-state index contributed by atoms with van der Waals surface area (Å²) in [5, 5.41) is 0.760. The van der Waals surface area contributed by atoms with Crippen LogP contribution in [0.5, 0.6) is 0 Å². The van der Waals surface area contributed by atoms with Gasteiger partial charge in [0.1, 0.15) is 0 Å². The molecule has 4 rings (SSSR count). The predicted molar refractivity (Wildman–Crippen MR) is 92.0 cm³/mol. The SMILES string of the molecule is O=S(=O)(c1ccccc1)n1c(-c2cccnc2)cc2cccnc21. The smallest absolute Gasteiger partial charge is 0.264 e. The van der Waals surface area contributed by atoms with Crippen molar-refractivity contribution in [2.24, 2.45) is 0 Å². The maximum absolute atomic E-state index is 13.2. The van der Waals surface area contributed by atoms with Crippen LogP contribution in [0.15, 0.2) is 84.1 Å². The van der Waals surface area contributed by atoms with Crippen LogP contribution in [0.25, 0.3) is 22.3 Å². The van der Waals surface area contributed by atoms with Crippen molar-refractivity contribution < 1.29 is 8.42 Å². The monoisotopic (exact) mass is 335 g/mol. The molecular weight excluding hydrogens is 322 g/mol. The molecule has 0 N–H and O–H groups in total. The third-order valence-corrected chi connectivity index (χ3v) is 5.48. The summed E-state index contributed by atoms with van der Waals surface area (Å²) in [6.07, 6.45) is 4.89. The number of aromatic nitrogens is 3. The fourth-order valence-corrected chi connectivity index (χ4v) is 4.18. The Kier molecular flexibility index (Phi) is 3.39. The molecule has 0 aliphatic heterocycles. The Morgan fingerprint density at radius 1 is 0.875 bits per heavy atom. The van der Waals surface area contributed by atoms with Crippen molar-refractivity contribution >= 4 is 21.1 Å². The maximum atomic E-state index is 13.2. The Morgan fingerprint density at radius 3 is 2.42 bits per heavy atom. The Balaban J connectivity index is 2.08. The van der Waals surface area contributed by atoms with Gasteiger partial charge in [-0.05, 0) is 42.5 Å². The number of pyridine rings is 2. The summed E-state index contributed by atoms with van der Waals surface area (Å²) >= 11 is 0. The van der Waals surface area contributed by atoms with Gasteiger partial charge < -0.3 is 0 Å². The highest BCUT2D eigenvalue weighted by Gasteiger charge is 2.24. The summed E-state index contributed by atoms with van der Waals surface area (Å²) in [5.41, 5.74) is 1.66. The molecule has 118 valence electrons. The van der Waals surface area contributed by atoms with Gasteiger partial charge in [-0.3, -0.25) is 4.98 Å². The first kappa shape index (κ1) is 14.6. The van der Waals surface area contributed by atoms with Gasteiger partial charge in [-0.25, -0.2) is 17.4 Å². The van der Waals surface area contributed by atoms with Gasteiger partial charge in [0.25, 0.3) is 10.0 Å². The van der Waals surface area contributed by atoms with Gasteiger partial charge in [-0.1, -0.05) is 18.2 Å². The highest BCUT2D eigenvalue weighted by atomic mass is 32.2. The first-order valence-corrected chi connectivity index (χ1v) is 8.79. The molecule has 1 aromatic carbocycles. The number of hydrogen-bond acceptors (Lipinski definition) is 4. The van der Waals surface area contributed by atoms with Crippen LogP contribution in [0.1, 0.15) is 0 Å². The standard InChI is InChI=1S/C18H13N3O2S/c22-24(23,16-8-2-1-3-9-16)21-17(15-7-4-10-19-13-15)12-14-6-5-11-20-18(14)21/h1-13H. The molecule has 3 aromatic heterocycles. The zero-order valence-electron chi connectivity index (χ0n) is 12.6. The number of benzene rings is 1. The Morgan fingerprint density at radius 2 is 1.67 bits per heavy atom. The molecule has 0 saturated heterocycles. The van der Waals surface area contributed by atoms with Crippen LogP contribution >= 0.6 is 0 Å². The van der Waals surface area contributed by atoms with Crippen LogP contribution in [0, 0.1) is 0 Å². The zero-order valence-corrected chi connectivity index (χ0v) is 13.4. The highest BCUT2D eigenvalue weighted by Crippen LogP contribution is 2.30. The summed E-state index contributed by atoms with van der Waals surface area (Å²) in [7, 11) is -3.77. The van der Waals surface area contributed by atoms with Crippen molar-refractivity contribution in [2.45, 2.75) is 4.90 Å². The molecule has 4 aromatic rings. The summed E-state index contributed by atoms with van der Waals surface area (Å²) in [6.45, 7) is 0. The fraction of sp³-hybridized carbons (Fsp3) is 0. The minimum Gasteiger partial charge on any atom is -0.264 e. The van der Waals surface area contributed by atoms with E-state index in [-0.39, 0.29) is 4.90 Å². The van der Waals surface area contributed by atoms with E-state index in [1.54, 1.807) is 61.1 Å². The second-order valence-electron chi connectivity index (χ2n) is 5.27. The largest absolute Gasteiger partial charge is 0.269 e. The molecule has 0 saturated carbocycles. The lowest BCUT2D eigenvalue weighted by molar-refractivity contribution is 0.589. The van der Waals surface area contributed by atoms with E-state index in [4.69, 9.17) is 0 Å². The van der Waals surface area contributed by atoms with Crippen LogP contribution in [0.3, 0.4) is 0 Å². The van der Waals surface area contributed by atoms with Crippen molar-refractivity contribution in [3.8, 4) is 11.3 Å². The Bertz CT molecular complexity index is 1100. The van der Waals surface area contributed by atoms with E-state index in [9.17, 15) is 8.42 Å². The minimum absolute atomic E-state index is 0.221. The zero-order chi connectivity index (χ0) is 16.6. The average Bonchev–Trinajstić information content (AvgIpc) is 3.03. The Hall–Kier alpha value is -2.99. The van der Waals surface area contributed by atoms with Crippen molar-refractivity contribution in [3.05, 3.63) is 79.3 Å². The van der Waals surface area contributed by atoms with Crippen molar-refractivity contribution in [1.82, 2.24) is 13.9 Å². The van der Waals surface area contributed by atoms with Crippen LogP contribution < -0.4 is 0 Å². The molecule has 0 bridgehead atoms. The fourth-order valence-electron chi connectivity index (χ4n) is 2.67. The lowest BCUT2D eigenvalue weighted by Crippen LogP contribution is -2.14. The van der Waals surface area contributed by atoms with E-state index >= 15 is 0 Å². The molecule has 3 heterocycles. The quantitative estimate of drug-likeness (QED) is 0.576. The second-order valence-corrected chi connectivity index (χ2v) is 7.06. The van der Waals surface area contributed by atoms with E-state index in [0.29, 0.717) is 11.3 Å². The van der Waals surface area contributed by atoms with Gasteiger partial charge in [0.15, 0.2) is 5.65 Å². The van der Waals surface area contributed by atoms with E-state index in [1.165, 1.54) is 3.97 Å². The first-order chi connectivity index (χ1) is 11.7. The van der Waals surface area contributed by atoms with Crippen LogP contribution in [0.4, 0.5) is 0 Å². The molecule has 0 unspecified atom stereocenters. The summed E-state index contributed by atoms with van der Waals surface area (Å²) in [5.74, 6) is 0. The van der Waals surface area contributed by atoms with Gasteiger partial charge in [0.05, 0.1) is 10.6 Å². The molecule has 5 nitrogen and oxygen atoms in total. The van der Waals surface area contributed by atoms with Crippen LogP contribution in [-0.2, 0) is 10.0 Å². The molecule has 0 spiro atoms. The normalized spacial score (nSPS) is 11.7. The molecule has 0 amide bonds. The topological polar surface area (TPSA) is 64.8 Å². The van der Waals surface area contributed by atoms with E-state index < -0.39 is 10.0 Å². The molecule has 0 atom stereocenters. The number of fused-ring (bicyclic) bond motifs is 1. The second kappa shape index (κ2) is 5.58. The number of rotatable bonds is 3. The average molecular weight is 335 g/mol. The Labute approximate surface area is 139 Å². The lowest BCUT2D eigenvalue weighted by atomic mass is 10.2. The molecular formula is C18H13N3O2S. The van der Waals surface area contributed by atoms with Gasteiger partial charge in [-0.15, -0.1) is 0 Å². The number of nitrogens with zero attached hydrogens (tertiary/aromatic N) is 3. The summed E-state index contributed by atoms with van der Waals surface area (Å²) in [6, 6.07) is 17.4. The van der Waals surface area contributed by atoms with Crippen molar-refractivity contribution in [2.75, 3.05) is 0 Å².